The molecule has 0 unspecified atom stereocenters. The number of phenolic OH excluding ortho intramolecular Hbond substituents is 1. The van der Waals surface area contributed by atoms with E-state index >= 15 is 0 Å². The highest BCUT2D eigenvalue weighted by molar-refractivity contribution is 6.10. The molecule has 7 heteroatoms. The topological polar surface area (TPSA) is 120 Å². The second kappa shape index (κ2) is 4.98. The molecule has 0 aliphatic carbocycles. The number of carbonyl (C=O) groups excluding carboxylic acids is 1. The summed E-state index contributed by atoms with van der Waals surface area (Å²) in [6.45, 7) is 5.42. The van der Waals surface area contributed by atoms with E-state index in [1.165, 1.54) is 6.20 Å². The van der Waals surface area contributed by atoms with Gasteiger partial charge in [-0.25, -0.2) is 9.97 Å². The first-order valence-corrected chi connectivity index (χ1v) is 7.05. The largest absolute Gasteiger partial charge is 0.508 e. The number of amides is 1. The first-order valence-electron chi connectivity index (χ1n) is 7.05. The molecule has 0 aliphatic heterocycles. The molecular weight excluding hydrogens is 294 g/mol. The molecule has 0 aliphatic rings. The first-order chi connectivity index (χ1) is 10.8. The fourth-order valence-electron chi connectivity index (χ4n) is 2.82. The Kier molecular flexibility index (Phi) is 3.21. The summed E-state index contributed by atoms with van der Waals surface area (Å²) in [6.07, 6.45) is 1.54. The number of aryl methyl sites for hydroxylation is 2. The van der Waals surface area contributed by atoms with Crippen LogP contribution in [0.25, 0.3) is 16.7 Å². The van der Waals surface area contributed by atoms with E-state index in [2.05, 4.69) is 9.97 Å². The Labute approximate surface area is 132 Å². The number of fused-ring (bicyclic) bond motifs is 1. The number of aromatic nitrogens is 3. The third-order valence-corrected chi connectivity index (χ3v) is 3.94. The zero-order valence-electron chi connectivity index (χ0n) is 13.1. The van der Waals surface area contributed by atoms with Gasteiger partial charge in [-0.2, -0.15) is 0 Å². The van der Waals surface area contributed by atoms with Crippen molar-refractivity contribution in [2.24, 2.45) is 5.73 Å². The van der Waals surface area contributed by atoms with Crippen molar-refractivity contribution in [1.82, 2.24) is 14.5 Å². The monoisotopic (exact) mass is 311 g/mol. The maximum Gasteiger partial charge on any atom is 0.253 e. The van der Waals surface area contributed by atoms with Gasteiger partial charge in [0.1, 0.15) is 17.4 Å². The molecule has 118 valence electrons. The molecule has 0 atom stereocenters. The predicted octanol–water partition coefficient (Wildman–Crippen LogP) is 1.73. The van der Waals surface area contributed by atoms with Crippen molar-refractivity contribution >= 4 is 22.8 Å². The molecule has 1 amide bonds. The molecule has 2 heterocycles. The summed E-state index contributed by atoms with van der Waals surface area (Å²) in [5.41, 5.74) is 14.6. The van der Waals surface area contributed by atoms with Crippen LogP contribution in [0.4, 0.5) is 5.82 Å². The van der Waals surface area contributed by atoms with E-state index in [0.717, 1.165) is 5.56 Å². The van der Waals surface area contributed by atoms with Gasteiger partial charge >= 0.3 is 0 Å². The molecular formula is C16H17N5O2. The van der Waals surface area contributed by atoms with Crippen LogP contribution in [0.3, 0.4) is 0 Å². The number of carbonyl (C=O) groups is 1. The van der Waals surface area contributed by atoms with Gasteiger partial charge in [0.2, 0.25) is 0 Å². The second-order valence-corrected chi connectivity index (χ2v) is 5.49. The molecule has 0 saturated carbocycles. The molecule has 3 rings (SSSR count). The van der Waals surface area contributed by atoms with Gasteiger partial charge in [-0.1, -0.05) is 6.07 Å². The van der Waals surface area contributed by atoms with Crippen LogP contribution in [0, 0.1) is 20.8 Å². The van der Waals surface area contributed by atoms with Gasteiger partial charge in [0.25, 0.3) is 5.91 Å². The molecule has 3 aromatic rings. The zero-order chi connectivity index (χ0) is 16.9. The molecule has 5 N–H and O–H groups in total. The van der Waals surface area contributed by atoms with Gasteiger partial charge < -0.3 is 16.6 Å². The van der Waals surface area contributed by atoms with E-state index < -0.39 is 5.91 Å². The Morgan fingerprint density at radius 2 is 1.96 bits per heavy atom. The fraction of sp³-hybridized carbons (Fsp3) is 0.188. The number of phenols is 1. The summed E-state index contributed by atoms with van der Waals surface area (Å²) in [5.74, 6) is 0.222. The summed E-state index contributed by atoms with van der Waals surface area (Å²) >= 11 is 0. The summed E-state index contributed by atoms with van der Waals surface area (Å²) in [6, 6.07) is 3.40. The minimum atomic E-state index is -0.644. The molecule has 2 aromatic heterocycles. The molecule has 7 nitrogen and oxygen atoms in total. The Hall–Kier alpha value is -3.09. The van der Waals surface area contributed by atoms with Crippen LogP contribution in [0.1, 0.15) is 27.3 Å². The molecule has 0 bridgehead atoms. The van der Waals surface area contributed by atoms with Gasteiger partial charge in [0.15, 0.2) is 5.65 Å². The van der Waals surface area contributed by atoms with E-state index in [1.807, 2.05) is 6.92 Å². The lowest BCUT2D eigenvalue weighted by Crippen LogP contribution is -2.14. The first kappa shape index (κ1) is 14.8. The summed E-state index contributed by atoms with van der Waals surface area (Å²) in [4.78, 5) is 20.4. The number of anilines is 1. The van der Waals surface area contributed by atoms with Gasteiger partial charge in [-0.05, 0) is 32.4 Å². The average molecular weight is 311 g/mol. The summed E-state index contributed by atoms with van der Waals surface area (Å²) in [5, 5.41) is 10.5. The number of aromatic hydroxyl groups is 1. The second-order valence-electron chi connectivity index (χ2n) is 5.49. The van der Waals surface area contributed by atoms with Crippen molar-refractivity contribution < 1.29 is 9.90 Å². The van der Waals surface area contributed by atoms with E-state index in [-0.39, 0.29) is 17.1 Å². The van der Waals surface area contributed by atoms with Crippen molar-refractivity contribution in [1.29, 1.82) is 0 Å². The van der Waals surface area contributed by atoms with E-state index in [1.54, 1.807) is 30.5 Å². The van der Waals surface area contributed by atoms with Gasteiger partial charge in [-0.3, -0.25) is 9.36 Å². The van der Waals surface area contributed by atoms with E-state index in [0.29, 0.717) is 28.1 Å². The lowest BCUT2D eigenvalue weighted by atomic mass is 10.1. The van der Waals surface area contributed by atoms with Crippen molar-refractivity contribution in [3.63, 3.8) is 0 Å². The van der Waals surface area contributed by atoms with Crippen molar-refractivity contribution in [3.05, 3.63) is 40.8 Å². The van der Waals surface area contributed by atoms with E-state index in [4.69, 9.17) is 11.5 Å². The lowest BCUT2D eigenvalue weighted by Gasteiger charge is -2.15. The van der Waals surface area contributed by atoms with Crippen molar-refractivity contribution in [3.8, 4) is 11.4 Å². The zero-order valence-corrected chi connectivity index (χ0v) is 13.1. The van der Waals surface area contributed by atoms with Crippen LogP contribution in [0.5, 0.6) is 5.75 Å². The highest BCUT2D eigenvalue weighted by atomic mass is 16.3. The van der Waals surface area contributed by atoms with Gasteiger partial charge in [0.05, 0.1) is 16.6 Å². The number of nitrogens with two attached hydrogens (primary N) is 2. The highest BCUT2D eigenvalue weighted by Crippen LogP contribution is 2.35. The van der Waals surface area contributed by atoms with Gasteiger partial charge in [-0.15, -0.1) is 0 Å². The summed E-state index contributed by atoms with van der Waals surface area (Å²) < 4.78 is 1.65. The number of benzene rings is 1. The third kappa shape index (κ3) is 2.09. The maximum absolute atomic E-state index is 11.8. The normalized spacial score (nSPS) is 11.1. The Morgan fingerprint density at radius 1 is 1.26 bits per heavy atom. The van der Waals surface area contributed by atoms with Crippen LogP contribution >= 0.6 is 0 Å². The molecule has 0 spiro atoms. The van der Waals surface area contributed by atoms with Gasteiger partial charge in [0, 0.05) is 11.8 Å². The van der Waals surface area contributed by atoms with Crippen LogP contribution in [-0.4, -0.2) is 25.5 Å². The van der Waals surface area contributed by atoms with Crippen LogP contribution in [-0.2, 0) is 0 Å². The molecule has 0 saturated heterocycles. The smallest absolute Gasteiger partial charge is 0.253 e. The average Bonchev–Trinajstić information content (AvgIpc) is 2.76. The molecule has 0 radical (unpaired) electrons. The van der Waals surface area contributed by atoms with Crippen molar-refractivity contribution in [2.45, 2.75) is 20.8 Å². The fourth-order valence-corrected chi connectivity index (χ4v) is 2.82. The number of hydrogen-bond donors (Lipinski definition) is 3. The van der Waals surface area contributed by atoms with Crippen LogP contribution < -0.4 is 11.5 Å². The lowest BCUT2D eigenvalue weighted by molar-refractivity contribution is 0.100. The maximum atomic E-state index is 11.8. The Morgan fingerprint density at radius 3 is 2.61 bits per heavy atom. The third-order valence-electron chi connectivity index (χ3n) is 3.94. The summed E-state index contributed by atoms with van der Waals surface area (Å²) in [7, 11) is 0. The van der Waals surface area contributed by atoms with E-state index in [9.17, 15) is 9.90 Å². The standard InChI is InChI=1S/C16H17N5O2/c1-7-4-5-11(22)8(2)13(7)21-14(17)12(15(18)23)10-6-19-9(3)20-16(10)21/h4-6,22H,17H2,1-3H3,(H2,18,23). The number of hydrogen-bond acceptors (Lipinski definition) is 5. The molecule has 23 heavy (non-hydrogen) atoms. The van der Waals surface area contributed by atoms with Crippen LogP contribution in [0.15, 0.2) is 18.3 Å². The highest BCUT2D eigenvalue weighted by Gasteiger charge is 2.23. The SMILES string of the molecule is Cc1ncc2c(C(N)=O)c(N)n(-c3c(C)ccc(O)c3C)c2n1. The minimum absolute atomic E-state index is 0.137. The molecule has 1 aromatic carbocycles. The Balaban J connectivity index is 2.53. The number of nitrogen functional groups attached to an aromatic ring is 1. The predicted molar refractivity (Wildman–Crippen MR) is 87.7 cm³/mol. The molecule has 0 fully saturated rings. The number of nitrogens with zero attached hydrogens (tertiary/aromatic N) is 3. The number of rotatable bonds is 2. The quantitative estimate of drug-likeness (QED) is 0.665. The number of primary amides is 1. The van der Waals surface area contributed by atoms with Crippen LogP contribution in [0.2, 0.25) is 0 Å². The van der Waals surface area contributed by atoms with Crippen molar-refractivity contribution in [2.75, 3.05) is 5.73 Å². The minimum Gasteiger partial charge on any atom is -0.508 e. The Bertz CT molecular complexity index is 959.